The number of aldehydes is 1. The van der Waals surface area contributed by atoms with Gasteiger partial charge in [0.15, 0.2) is 5.78 Å². The van der Waals surface area contributed by atoms with E-state index in [0.717, 1.165) is 6.07 Å². The van der Waals surface area contributed by atoms with Crippen LogP contribution in [0.1, 0.15) is 22.8 Å². The van der Waals surface area contributed by atoms with Crippen LogP contribution in [0.3, 0.4) is 0 Å². The zero-order valence-electron chi connectivity index (χ0n) is 13.3. The summed E-state index contributed by atoms with van der Waals surface area (Å²) < 4.78 is 25.9. The third kappa shape index (κ3) is 6.38. The van der Waals surface area contributed by atoms with E-state index in [2.05, 4.69) is 0 Å². The van der Waals surface area contributed by atoms with Gasteiger partial charge in [0, 0.05) is 17.8 Å². The fourth-order valence-electron chi connectivity index (χ4n) is 1.82. The van der Waals surface area contributed by atoms with Crippen LogP contribution in [0, 0.1) is 11.6 Å². The maximum absolute atomic E-state index is 13.1. The van der Waals surface area contributed by atoms with Crippen molar-refractivity contribution in [3.05, 3.63) is 59.2 Å². The van der Waals surface area contributed by atoms with Gasteiger partial charge in [-0.2, -0.15) is 0 Å². The van der Waals surface area contributed by atoms with Crippen molar-refractivity contribution in [1.82, 2.24) is 0 Å². The number of rotatable bonds is 4. The smallest absolute Gasteiger partial charge is 0.409 e. The Morgan fingerprint density at radius 2 is 1.84 bits per heavy atom. The normalized spacial score (nSPS) is 9.56. The van der Waals surface area contributed by atoms with E-state index in [-0.39, 0.29) is 17.7 Å². The largest absolute Gasteiger partial charge is 0.465 e. The number of ketones is 1. The predicted octanol–water partition coefficient (Wildman–Crippen LogP) is 3.27. The second kappa shape index (κ2) is 9.11. The maximum atomic E-state index is 13.1. The number of hydrogen-bond donors (Lipinski definition) is 3. The van der Waals surface area contributed by atoms with Gasteiger partial charge in [0.25, 0.3) is 0 Å². The molecule has 0 heterocycles. The lowest BCUT2D eigenvalue weighted by Crippen LogP contribution is -2.08. The first-order chi connectivity index (χ1) is 11.7. The molecule has 132 valence electrons. The number of anilines is 2. The molecule has 0 aromatic heterocycles. The standard InChI is InChI=1S/C9H8FNO3.C8H8FNO/c1-5(12)7-3-2-6(4-8(7)10)11-9(13)14;9-8-5-7(10)2-1-6(8)3-4-11/h2-4,11H,1H3,(H,13,14);1-2,4-5H,3,10H2. The van der Waals surface area contributed by atoms with Crippen LogP contribution in [0.25, 0.3) is 0 Å². The fourth-order valence-corrected chi connectivity index (χ4v) is 1.82. The topological polar surface area (TPSA) is 109 Å². The van der Waals surface area contributed by atoms with Crippen LogP contribution in [-0.2, 0) is 11.2 Å². The first-order valence-electron chi connectivity index (χ1n) is 7.02. The van der Waals surface area contributed by atoms with E-state index in [1.54, 1.807) is 6.07 Å². The van der Waals surface area contributed by atoms with Gasteiger partial charge in [-0.3, -0.25) is 10.1 Å². The van der Waals surface area contributed by atoms with E-state index in [0.29, 0.717) is 17.5 Å². The molecule has 0 aliphatic heterocycles. The van der Waals surface area contributed by atoms with Gasteiger partial charge in [-0.15, -0.1) is 0 Å². The molecular weight excluding hydrogens is 334 g/mol. The minimum atomic E-state index is -1.28. The summed E-state index contributed by atoms with van der Waals surface area (Å²) in [5, 5.41) is 10.3. The van der Waals surface area contributed by atoms with Gasteiger partial charge in [-0.25, -0.2) is 13.6 Å². The number of carbonyl (C=O) groups is 3. The highest BCUT2D eigenvalue weighted by Crippen LogP contribution is 2.15. The molecule has 0 saturated carbocycles. The third-order valence-corrected chi connectivity index (χ3v) is 2.98. The number of benzene rings is 2. The molecule has 6 nitrogen and oxygen atoms in total. The lowest BCUT2D eigenvalue weighted by Gasteiger charge is -2.02. The molecule has 2 rings (SSSR count). The summed E-state index contributed by atoms with van der Waals surface area (Å²) >= 11 is 0. The van der Waals surface area contributed by atoms with Crippen LogP contribution in [0.2, 0.25) is 0 Å². The summed E-state index contributed by atoms with van der Waals surface area (Å²) in [6.45, 7) is 1.24. The molecule has 0 unspecified atom stereocenters. The summed E-state index contributed by atoms with van der Waals surface area (Å²) in [6.07, 6.45) is -0.513. The van der Waals surface area contributed by atoms with Gasteiger partial charge in [0.05, 0.1) is 5.56 Å². The molecule has 2 aromatic rings. The average molecular weight is 350 g/mol. The van der Waals surface area contributed by atoms with Crippen molar-refractivity contribution in [3.63, 3.8) is 0 Å². The number of nitrogens with one attached hydrogen (secondary N) is 1. The number of nitrogens with two attached hydrogens (primary N) is 1. The third-order valence-electron chi connectivity index (χ3n) is 2.98. The van der Waals surface area contributed by atoms with Crippen molar-refractivity contribution in [1.29, 1.82) is 0 Å². The Kier molecular flexibility index (Phi) is 7.20. The Morgan fingerprint density at radius 3 is 2.32 bits per heavy atom. The SMILES string of the molecule is CC(=O)c1ccc(NC(=O)O)cc1F.Nc1ccc(CC=O)c(F)c1. The first kappa shape index (κ1) is 19.8. The van der Waals surface area contributed by atoms with Crippen molar-refractivity contribution in [2.45, 2.75) is 13.3 Å². The number of halogens is 2. The van der Waals surface area contributed by atoms with Gasteiger partial charge in [-0.05, 0) is 42.8 Å². The minimum absolute atomic E-state index is 0.0547. The molecule has 1 amide bonds. The molecular formula is C17H16F2N2O4. The van der Waals surface area contributed by atoms with E-state index >= 15 is 0 Å². The Hall–Kier alpha value is -3.29. The van der Waals surface area contributed by atoms with Crippen LogP contribution >= 0.6 is 0 Å². The maximum Gasteiger partial charge on any atom is 0.409 e. The van der Waals surface area contributed by atoms with Gasteiger partial charge in [0.1, 0.15) is 17.9 Å². The number of Topliss-reactive ketones (excluding diaryl/α,β-unsaturated/α-hetero) is 1. The average Bonchev–Trinajstić information content (AvgIpc) is 2.50. The molecule has 0 aliphatic rings. The van der Waals surface area contributed by atoms with Crippen molar-refractivity contribution < 1.29 is 28.3 Å². The number of nitrogen functional groups attached to an aromatic ring is 1. The summed E-state index contributed by atoms with van der Waals surface area (Å²) in [5.41, 5.74) is 6.09. The van der Waals surface area contributed by atoms with E-state index in [1.807, 2.05) is 5.32 Å². The highest BCUT2D eigenvalue weighted by atomic mass is 19.1. The van der Waals surface area contributed by atoms with Crippen molar-refractivity contribution in [2.75, 3.05) is 11.1 Å². The molecule has 0 fully saturated rings. The number of carboxylic acid groups (broad SMARTS) is 1. The quantitative estimate of drug-likeness (QED) is 0.445. The molecule has 0 radical (unpaired) electrons. The number of carbonyl (C=O) groups excluding carboxylic acids is 2. The summed E-state index contributed by atoms with van der Waals surface area (Å²) in [5.74, 6) is -1.55. The number of amides is 1. The highest BCUT2D eigenvalue weighted by molar-refractivity contribution is 5.95. The molecule has 0 atom stereocenters. The van der Waals surface area contributed by atoms with Crippen LogP contribution in [0.4, 0.5) is 25.0 Å². The van der Waals surface area contributed by atoms with Crippen LogP contribution in [0.5, 0.6) is 0 Å². The van der Waals surface area contributed by atoms with Crippen LogP contribution in [-0.4, -0.2) is 23.3 Å². The molecule has 25 heavy (non-hydrogen) atoms. The summed E-state index contributed by atoms with van der Waals surface area (Å²) in [7, 11) is 0. The lowest BCUT2D eigenvalue weighted by molar-refractivity contribution is -0.107. The molecule has 2 aromatic carbocycles. The van der Waals surface area contributed by atoms with Crippen molar-refractivity contribution >= 4 is 29.5 Å². The number of hydrogen-bond acceptors (Lipinski definition) is 4. The van der Waals surface area contributed by atoms with E-state index < -0.39 is 23.5 Å². The lowest BCUT2D eigenvalue weighted by atomic mass is 10.1. The Labute approximate surface area is 142 Å². The van der Waals surface area contributed by atoms with Crippen molar-refractivity contribution in [2.24, 2.45) is 0 Å². The Morgan fingerprint density at radius 1 is 1.16 bits per heavy atom. The van der Waals surface area contributed by atoms with Crippen molar-refractivity contribution in [3.8, 4) is 0 Å². The van der Waals surface area contributed by atoms with Gasteiger partial charge >= 0.3 is 6.09 Å². The van der Waals surface area contributed by atoms with Gasteiger partial charge in [0.2, 0.25) is 0 Å². The Bertz CT molecular complexity index is 794. The highest BCUT2D eigenvalue weighted by Gasteiger charge is 2.08. The molecule has 8 heteroatoms. The summed E-state index contributed by atoms with van der Waals surface area (Å²) in [6, 6.07) is 7.82. The monoisotopic (exact) mass is 350 g/mol. The van der Waals surface area contributed by atoms with Crippen LogP contribution in [0.15, 0.2) is 36.4 Å². The molecule has 0 bridgehead atoms. The molecule has 0 aliphatic carbocycles. The fraction of sp³-hybridized carbons (Fsp3) is 0.118. The van der Waals surface area contributed by atoms with Gasteiger partial charge in [-0.1, -0.05) is 6.07 Å². The zero-order valence-corrected chi connectivity index (χ0v) is 13.3. The van der Waals surface area contributed by atoms with E-state index in [1.165, 1.54) is 31.2 Å². The second-order valence-electron chi connectivity index (χ2n) is 4.90. The minimum Gasteiger partial charge on any atom is -0.465 e. The molecule has 0 spiro atoms. The van der Waals surface area contributed by atoms with Crippen LogP contribution < -0.4 is 11.1 Å². The van der Waals surface area contributed by atoms with Gasteiger partial charge < -0.3 is 15.6 Å². The van der Waals surface area contributed by atoms with E-state index in [4.69, 9.17) is 10.8 Å². The van der Waals surface area contributed by atoms with E-state index in [9.17, 15) is 23.2 Å². The molecule has 0 saturated heterocycles. The zero-order chi connectivity index (χ0) is 19.0. The predicted molar refractivity (Wildman–Crippen MR) is 88.6 cm³/mol. The second-order valence-corrected chi connectivity index (χ2v) is 4.90. The molecule has 4 N–H and O–H groups in total. The first-order valence-corrected chi connectivity index (χ1v) is 7.02. The summed E-state index contributed by atoms with van der Waals surface area (Å²) in [4.78, 5) is 31.0. The Balaban J connectivity index is 0.000000257.